The highest BCUT2D eigenvalue weighted by Gasteiger charge is 2.22. The molecule has 0 aliphatic carbocycles. The molecule has 0 saturated carbocycles. The molecule has 1 heterocycles. The zero-order chi connectivity index (χ0) is 19.2. The third-order valence-corrected chi connectivity index (χ3v) is 4.90. The number of carbonyl (C=O) groups excluding carboxylic acids is 2. The summed E-state index contributed by atoms with van der Waals surface area (Å²) >= 11 is 6.01. The Morgan fingerprint density at radius 1 is 1.07 bits per heavy atom. The Kier molecular flexibility index (Phi) is 6.19. The summed E-state index contributed by atoms with van der Waals surface area (Å²) in [7, 11) is 1.65. The molecular weight excluding hydrogens is 366 g/mol. The maximum Gasteiger partial charge on any atom is 0.253 e. The van der Waals surface area contributed by atoms with E-state index in [9.17, 15) is 9.59 Å². The molecular formula is C20H22ClN3O3. The normalized spacial score (nSPS) is 14.0. The first-order valence-electron chi connectivity index (χ1n) is 8.78. The van der Waals surface area contributed by atoms with E-state index in [1.165, 1.54) is 0 Å². The second kappa shape index (κ2) is 8.77. The van der Waals surface area contributed by atoms with E-state index in [1.54, 1.807) is 36.3 Å². The van der Waals surface area contributed by atoms with Gasteiger partial charge in [0, 0.05) is 37.9 Å². The van der Waals surface area contributed by atoms with E-state index in [0.717, 1.165) is 24.5 Å². The minimum atomic E-state index is -0.344. The number of halogens is 1. The Morgan fingerprint density at radius 2 is 1.81 bits per heavy atom. The first-order valence-corrected chi connectivity index (χ1v) is 9.16. The molecule has 2 aromatic rings. The molecule has 2 amide bonds. The minimum Gasteiger partial charge on any atom is -0.497 e. The van der Waals surface area contributed by atoms with Crippen LogP contribution < -0.4 is 15.0 Å². The number of nitrogens with zero attached hydrogens (tertiary/aromatic N) is 2. The molecule has 1 saturated heterocycles. The van der Waals surface area contributed by atoms with Crippen LogP contribution in [0.15, 0.2) is 48.5 Å². The van der Waals surface area contributed by atoms with Crippen LogP contribution in [0.2, 0.25) is 5.02 Å². The number of rotatable bonds is 5. The van der Waals surface area contributed by atoms with Gasteiger partial charge in [0.15, 0.2) is 0 Å². The van der Waals surface area contributed by atoms with E-state index < -0.39 is 0 Å². The first kappa shape index (κ1) is 19.0. The predicted octanol–water partition coefficient (Wildman–Crippen LogP) is 2.43. The molecule has 6 nitrogen and oxygen atoms in total. The number of piperazine rings is 1. The summed E-state index contributed by atoms with van der Waals surface area (Å²) in [6.07, 6.45) is 0. The second-order valence-corrected chi connectivity index (χ2v) is 6.64. The van der Waals surface area contributed by atoms with Crippen LogP contribution in [0.3, 0.4) is 0 Å². The van der Waals surface area contributed by atoms with E-state index in [-0.39, 0.29) is 18.4 Å². The molecule has 0 bridgehead atoms. The van der Waals surface area contributed by atoms with Crippen molar-refractivity contribution in [1.29, 1.82) is 0 Å². The van der Waals surface area contributed by atoms with Crippen molar-refractivity contribution in [2.24, 2.45) is 0 Å². The SMILES string of the molecule is COc1cccc(N2CCN(C(=O)CNC(=O)c3ccccc3Cl)CC2)c1. The maximum atomic E-state index is 12.4. The zero-order valence-electron chi connectivity index (χ0n) is 15.2. The fourth-order valence-electron chi connectivity index (χ4n) is 3.03. The number of anilines is 1. The van der Waals surface area contributed by atoms with Gasteiger partial charge in [0.25, 0.3) is 5.91 Å². The Hall–Kier alpha value is -2.73. The summed E-state index contributed by atoms with van der Waals surface area (Å²) in [6, 6.07) is 14.7. The minimum absolute atomic E-state index is 0.0385. The van der Waals surface area contributed by atoms with Crippen LogP contribution >= 0.6 is 11.6 Å². The van der Waals surface area contributed by atoms with E-state index in [0.29, 0.717) is 23.7 Å². The van der Waals surface area contributed by atoms with Gasteiger partial charge >= 0.3 is 0 Å². The molecule has 1 N–H and O–H groups in total. The Morgan fingerprint density at radius 3 is 2.52 bits per heavy atom. The number of hydrogen-bond acceptors (Lipinski definition) is 4. The maximum absolute atomic E-state index is 12.4. The molecule has 1 fully saturated rings. The summed E-state index contributed by atoms with van der Waals surface area (Å²) in [6.45, 7) is 2.65. The van der Waals surface area contributed by atoms with Crippen molar-refractivity contribution in [2.45, 2.75) is 0 Å². The van der Waals surface area contributed by atoms with E-state index in [2.05, 4.69) is 10.2 Å². The molecule has 0 aromatic heterocycles. The summed E-state index contributed by atoms with van der Waals surface area (Å²) in [5.74, 6) is 0.373. The van der Waals surface area contributed by atoms with Gasteiger partial charge in [-0.3, -0.25) is 9.59 Å². The highest BCUT2D eigenvalue weighted by atomic mass is 35.5. The summed E-state index contributed by atoms with van der Waals surface area (Å²) in [4.78, 5) is 28.6. The largest absolute Gasteiger partial charge is 0.497 e. The van der Waals surface area contributed by atoms with Crippen LogP contribution in [0.25, 0.3) is 0 Å². The van der Waals surface area contributed by atoms with Crippen molar-refractivity contribution in [3.8, 4) is 5.75 Å². The van der Waals surface area contributed by atoms with Gasteiger partial charge in [-0.2, -0.15) is 0 Å². The van der Waals surface area contributed by atoms with Gasteiger partial charge in [0.2, 0.25) is 5.91 Å². The van der Waals surface area contributed by atoms with Gasteiger partial charge in [-0.05, 0) is 24.3 Å². The number of benzene rings is 2. The second-order valence-electron chi connectivity index (χ2n) is 6.23. The lowest BCUT2D eigenvalue weighted by Crippen LogP contribution is -2.51. The third-order valence-electron chi connectivity index (χ3n) is 4.57. The number of carbonyl (C=O) groups is 2. The standard InChI is InChI=1S/C20H22ClN3O3/c1-27-16-6-4-5-15(13-16)23-9-11-24(12-10-23)19(25)14-22-20(26)17-7-2-3-8-18(17)21/h2-8,13H,9-12,14H2,1H3,(H,22,26). The van der Waals surface area contributed by atoms with Gasteiger partial charge < -0.3 is 19.9 Å². The predicted molar refractivity (Wildman–Crippen MR) is 106 cm³/mol. The van der Waals surface area contributed by atoms with Crippen molar-refractivity contribution in [3.05, 3.63) is 59.1 Å². The highest BCUT2D eigenvalue weighted by molar-refractivity contribution is 6.33. The molecule has 3 rings (SSSR count). The smallest absolute Gasteiger partial charge is 0.253 e. The lowest BCUT2D eigenvalue weighted by atomic mass is 10.2. The topological polar surface area (TPSA) is 61.9 Å². The average molecular weight is 388 g/mol. The van der Waals surface area contributed by atoms with Crippen LogP contribution in [-0.4, -0.2) is 56.5 Å². The van der Waals surface area contributed by atoms with E-state index in [4.69, 9.17) is 16.3 Å². The molecule has 0 spiro atoms. The van der Waals surface area contributed by atoms with E-state index in [1.807, 2.05) is 24.3 Å². The van der Waals surface area contributed by atoms with Crippen molar-refractivity contribution in [2.75, 3.05) is 44.7 Å². The van der Waals surface area contributed by atoms with Gasteiger partial charge in [-0.1, -0.05) is 29.8 Å². The van der Waals surface area contributed by atoms with Crippen LogP contribution in [-0.2, 0) is 4.79 Å². The molecule has 0 unspecified atom stereocenters. The van der Waals surface area contributed by atoms with Crippen LogP contribution in [0, 0.1) is 0 Å². The summed E-state index contributed by atoms with van der Waals surface area (Å²) in [5.41, 5.74) is 1.45. The third kappa shape index (κ3) is 4.71. The van der Waals surface area contributed by atoms with Crippen LogP contribution in [0.5, 0.6) is 5.75 Å². The van der Waals surface area contributed by atoms with Crippen molar-refractivity contribution < 1.29 is 14.3 Å². The Balaban J connectivity index is 1.50. The molecule has 0 radical (unpaired) electrons. The van der Waals surface area contributed by atoms with Gasteiger partial charge in [-0.25, -0.2) is 0 Å². The van der Waals surface area contributed by atoms with Gasteiger partial charge in [0.05, 0.1) is 24.2 Å². The fraction of sp³-hybridized carbons (Fsp3) is 0.300. The number of methoxy groups -OCH3 is 1. The average Bonchev–Trinajstić information content (AvgIpc) is 2.72. The first-order chi connectivity index (χ1) is 13.1. The number of nitrogens with one attached hydrogen (secondary N) is 1. The van der Waals surface area contributed by atoms with Crippen LogP contribution in [0.1, 0.15) is 10.4 Å². The van der Waals surface area contributed by atoms with Crippen LogP contribution in [0.4, 0.5) is 5.69 Å². The quantitative estimate of drug-likeness (QED) is 0.856. The summed E-state index contributed by atoms with van der Waals surface area (Å²) in [5, 5.41) is 3.02. The molecule has 2 aromatic carbocycles. The van der Waals surface area contributed by atoms with E-state index >= 15 is 0 Å². The monoisotopic (exact) mass is 387 g/mol. The molecule has 0 atom stereocenters. The lowest BCUT2D eigenvalue weighted by Gasteiger charge is -2.36. The summed E-state index contributed by atoms with van der Waals surface area (Å²) < 4.78 is 5.26. The van der Waals surface area contributed by atoms with Crippen molar-refractivity contribution in [1.82, 2.24) is 10.2 Å². The molecule has 1 aliphatic rings. The lowest BCUT2D eigenvalue weighted by molar-refractivity contribution is -0.130. The van der Waals surface area contributed by atoms with Crippen molar-refractivity contribution >= 4 is 29.1 Å². The molecule has 142 valence electrons. The number of hydrogen-bond donors (Lipinski definition) is 1. The zero-order valence-corrected chi connectivity index (χ0v) is 15.9. The highest BCUT2D eigenvalue weighted by Crippen LogP contribution is 2.22. The number of ether oxygens (including phenoxy) is 1. The van der Waals surface area contributed by atoms with Crippen molar-refractivity contribution in [3.63, 3.8) is 0 Å². The molecule has 27 heavy (non-hydrogen) atoms. The van der Waals surface area contributed by atoms with Gasteiger partial charge in [-0.15, -0.1) is 0 Å². The Bertz CT molecular complexity index is 820. The Labute approximate surface area is 163 Å². The van der Waals surface area contributed by atoms with Gasteiger partial charge in [0.1, 0.15) is 5.75 Å². The number of amides is 2. The fourth-order valence-corrected chi connectivity index (χ4v) is 3.25. The molecule has 7 heteroatoms. The molecule has 1 aliphatic heterocycles.